The Morgan fingerprint density at radius 2 is 2.22 bits per heavy atom. The quantitative estimate of drug-likeness (QED) is 0.456. The van der Waals surface area contributed by atoms with Crippen LogP contribution >= 0.6 is 0 Å². The molecule has 12 heteroatoms. The van der Waals surface area contributed by atoms with Gasteiger partial charge in [0.25, 0.3) is 5.91 Å². The first-order valence-corrected chi connectivity index (χ1v) is 8.34. The number of nitrogen functional groups attached to an aromatic ring is 1. The Hall–Kier alpha value is -3.54. The van der Waals surface area contributed by atoms with Crippen LogP contribution in [0, 0.1) is 0 Å². The van der Waals surface area contributed by atoms with Gasteiger partial charge in [-0.05, 0) is 48.4 Å². The molecule has 0 unspecified atom stereocenters. The fraction of sp³-hybridized carbons (Fsp3) is 0.333. The standard InChI is InChI=1S/C15H17N9O3/c16-13-14(21-27-20-13)24-12(11(18-22-24)9-23-5-1-2-6-23)15(25)19-17-8-10-4-3-7-26-10/h3-4,7-8H,1-2,5-6,9H2,(H2,16,20)(H,19,25)/b17-8+. The first kappa shape index (κ1) is 16.9. The van der Waals surface area contributed by atoms with Crippen molar-refractivity contribution in [3.63, 3.8) is 0 Å². The van der Waals surface area contributed by atoms with E-state index in [1.807, 2.05) is 0 Å². The Labute approximate surface area is 152 Å². The van der Waals surface area contributed by atoms with E-state index in [1.165, 1.54) is 17.2 Å². The fourth-order valence-corrected chi connectivity index (χ4v) is 2.86. The van der Waals surface area contributed by atoms with E-state index < -0.39 is 5.91 Å². The number of nitrogens with two attached hydrogens (primary N) is 1. The molecule has 0 bridgehead atoms. The maximum absolute atomic E-state index is 12.8. The van der Waals surface area contributed by atoms with E-state index >= 15 is 0 Å². The monoisotopic (exact) mass is 371 g/mol. The third kappa shape index (κ3) is 3.55. The molecule has 1 amide bonds. The second kappa shape index (κ2) is 7.37. The lowest BCUT2D eigenvalue weighted by atomic mass is 10.3. The van der Waals surface area contributed by atoms with Crippen molar-refractivity contribution >= 4 is 17.9 Å². The third-order valence-electron chi connectivity index (χ3n) is 4.12. The van der Waals surface area contributed by atoms with Crippen molar-refractivity contribution in [1.29, 1.82) is 0 Å². The van der Waals surface area contributed by atoms with Gasteiger partial charge in [0.1, 0.15) is 11.5 Å². The van der Waals surface area contributed by atoms with E-state index in [0.717, 1.165) is 25.9 Å². The highest BCUT2D eigenvalue weighted by Gasteiger charge is 2.26. The van der Waals surface area contributed by atoms with Crippen molar-refractivity contribution in [2.45, 2.75) is 19.4 Å². The van der Waals surface area contributed by atoms with E-state index in [1.54, 1.807) is 12.1 Å². The molecule has 1 fully saturated rings. The van der Waals surface area contributed by atoms with Crippen LogP contribution in [0.4, 0.5) is 5.82 Å². The number of carbonyl (C=O) groups is 1. The highest BCUT2D eigenvalue weighted by Crippen LogP contribution is 2.18. The van der Waals surface area contributed by atoms with Crippen LogP contribution in [0.15, 0.2) is 32.5 Å². The molecule has 0 spiro atoms. The average molecular weight is 371 g/mol. The first-order chi connectivity index (χ1) is 13.2. The molecule has 3 N–H and O–H groups in total. The van der Waals surface area contributed by atoms with Crippen molar-refractivity contribution in [1.82, 2.24) is 35.6 Å². The lowest BCUT2D eigenvalue weighted by Crippen LogP contribution is -2.26. The number of amides is 1. The van der Waals surface area contributed by atoms with Crippen molar-refractivity contribution in [3.05, 3.63) is 35.5 Å². The van der Waals surface area contributed by atoms with Crippen LogP contribution in [0.5, 0.6) is 0 Å². The van der Waals surface area contributed by atoms with E-state index in [-0.39, 0.29) is 17.3 Å². The summed E-state index contributed by atoms with van der Waals surface area (Å²) in [7, 11) is 0. The minimum atomic E-state index is -0.514. The van der Waals surface area contributed by atoms with E-state index in [2.05, 4.69) is 40.7 Å². The Morgan fingerprint density at radius 3 is 2.93 bits per heavy atom. The summed E-state index contributed by atoms with van der Waals surface area (Å²) in [6.07, 6.45) is 5.13. The van der Waals surface area contributed by atoms with Gasteiger partial charge in [-0.3, -0.25) is 9.69 Å². The van der Waals surface area contributed by atoms with Gasteiger partial charge in [-0.2, -0.15) is 9.78 Å². The molecule has 1 saturated heterocycles. The molecule has 0 aromatic carbocycles. The van der Waals surface area contributed by atoms with Gasteiger partial charge < -0.3 is 10.2 Å². The maximum Gasteiger partial charge on any atom is 0.292 e. The topological polar surface area (TPSA) is 153 Å². The van der Waals surface area contributed by atoms with Gasteiger partial charge in [0.05, 0.1) is 12.5 Å². The van der Waals surface area contributed by atoms with Crippen molar-refractivity contribution < 1.29 is 13.8 Å². The van der Waals surface area contributed by atoms with Gasteiger partial charge in [0, 0.05) is 6.54 Å². The predicted molar refractivity (Wildman–Crippen MR) is 91.9 cm³/mol. The van der Waals surface area contributed by atoms with Crippen LogP contribution in [-0.4, -0.2) is 55.4 Å². The molecule has 0 saturated carbocycles. The molecule has 0 aliphatic carbocycles. The van der Waals surface area contributed by atoms with E-state index in [9.17, 15) is 4.79 Å². The van der Waals surface area contributed by atoms with Crippen LogP contribution in [0.1, 0.15) is 34.8 Å². The molecule has 1 aliphatic rings. The lowest BCUT2D eigenvalue weighted by molar-refractivity contribution is 0.0945. The molecule has 3 aromatic rings. The Balaban J connectivity index is 1.61. The molecule has 12 nitrogen and oxygen atoms in total. The molecule has 1 aliphatic heterocycles. The number of furan rings is 1. The van der Waals surface area contributed by atoms with Crippen molar-refractivity contribution in [2.75, 3.05) is 18.8 Å². The number of nitrogens with zero attached hydrogens (tertiary/aromatic N) is 7. The summed E-state index contributed by atoms with van der Waals surface area (Å²) in [5, 5.41) is 19.3. The first-order valence-electron chi connectivity index (χ1n) is 8.34. The summed E-state index contributed by atoms with van der Waals surface area (Å²) in [6, 6.07) is 3.43. The third-order valence-corrected chi connectivity index (χ3v) is 4.12. The van der Waals surface area contributed by atoms with Gasteiger partial charge in [-0.25, -0.2) is 10.1 Å². The van der Waals surface area contributed by atoms with E-state index in [0.29, 0.717) is 18.0 Å². The normalized spacial score (nSPS) is 15.0. The molecule has 27 heavy (non-hydrogen) atoms. The van der Waals surface area contributed by atoms with Crippen LogP contribution in [0.2, 0.25) is 0 Å². The highest BCUT2D eigenvalue weighted by molar-refractivity contribution is 5.94. The smallest absolute Gasteiger partial charge is 0.292 e. The van der Waals surface area contributed by atoms with Crippen molar-refractivity contribution in [2.24, 2.45) is 5.10 Å². The Bertz CT molecular complexity index is 938. The number of carbonyl (C=O) groups excluding carboxylic acids is 1. The zero-order valence-corrected chi connectivity index (χ0v) is 14.3. The zero-order chi connectivity index (χ0) is 18.6. The van der Waals surface area contributed by atoms with Gasteiger partial charge in [0.2, 0.25) is 11.6 Å². The molecular formula is C15H17N9O3. The highest BCUT2D eigenvalue weighted by atomic mass is 16.6. The maximum atomic E-state index is 12.8. The van der Waals surface area contributed by atoms with Crippen LogP contribution in [-0.2, 0) is 6.54 Å². The minimum absolute atomic E-state index is 0.000703. The summed E-state index contributed by atoms with van der Waals surface area (Å²) in [5.74, 6) is 0.0830. The molecule has 140 valence electrons. The molecule has 0 atom stereocenters. The lowest BCUT2D eigenvalue weighted by Gasteiger charge is -2.13. The molecular weight excluding hydrogens is 354 g/mol. The molecule has 0 radical (unpaired) electrons. The van der Waals surface area contributed by atoms with Gasteiger partial charge in [-0.15, -0.1) is 5.10 Å². The van der Waals surface area contributed by atoms with Gasteiger partial charge in [-0.1, -0.05) is 5.21 Å². The SMILES string of the molecule is Nc1nonc1-n1nnc(CN2CCCC2)c1C(=O)N/N=C/c1ccco1. The molecule has 4 rings (SSSR count). The minimum Gasteiger partial charge on any atom is -0.463 e. The number of hydrogen-bond acceptors (Lipinski definition) is 10. The molecule has 3 aromatic heterocycles. The number of hydrogen-bond donors (Lipinski definition) is 2. The fourth-order valence-electron chi connectivity index (χ4n) is 2.86. The number of nitrogens with one attached hydrogen (secondary N) is 1. The Morgan fingerprint density at radius 1 is 1.37 bits per heavy atom. The summed E-state index contributed by atoms with van der Waals surface area (Å²) in [4.78, 5) is 15.0. The van der Waals surface area contributed by atoms with Crippen LogP contribution < -0.4 is 11.2 Å². The second-order valence-electron chi connectivity index (χ2n) is 5.97. The zero-order valence-electron chi connectivity index (χ0n) is 14.3. The second-order valence-corrected chi connectivity index (χ2v) is 5.97. The number of aromatic nitrogens is 5. The van der Waals surface area contributed by atoms with Crippen LogP contribution in [0.25, 0.3) is 5.82 Å². The largest absolute Gasteiger partial charge is 0.463 e. The summed E-state index contributed by atoms with van der Waals surface area (Å²) in [5.41, 5.74) is 8.84. The summed E-state index contributed by atoms with van der Waals surface area (Å²) in [6.45, 7) is 2.37. The summed E-state index contributed by atoms with van der Waals surface area (Å²) < 4.78 is 10.9. The van der Waals surface area contributed by atoms with Gasteiger partial charge in [0.15, 0.2) is 5.69 Å². The molecule has 4 heterocycles. The average Bonchev–Trinajstić information content (AvgIpc) is 3.42. The number of hydrazone groups is 1. The van der Waals surface area contributed by atoms with Crippen molar-refractivity contribution in [3.8, 4) is 5.82 Å². The van der Waals surface area contributed by atoms with Gasteiger partial charge >= 0.3 is 0 Å². The number of rotatable bonds is 6. The van der Waals surface area contributed by atoms with Crippen LogP contribution in [0.3, 0.4) is 0 Å². The summed E-state index contributed by atoms with van der Waals surface area (Å²) >= 11 is 0. The number of anilines is 1. The number of likely N-dealkylation sites (tertiary alicyclic amines) is 1. The Kier molecular flexibility index (Phi) is 4.61. The predicted octanol–water partition coefficient (Wildman–Crippen LogP) is 0.185. The van der Waals surface area contributed by atoms with E-state index in [4.69, 9.17) is 10.2 Å².